The van der Waals surface area contributed by atoms with Crippen molar-refractivity contribution in [3.8, 4) is 0 Å². The molecule has 3 aliphatic rings. The third-order valence-electron chi connectivity index (χ3n) is 7.28. The van der Waals surface area contributed by atoms with Gasteiger partial charge in [0, 0.05) is 43.7 Å². The Bertz CT molecular complexity index is 381. The molecule has 0 amide bonds. The Morgan fingerprint density at radius 3 is 1.91 bits per heavy atom. The number of rotatable bonds is 4. The minimum absolute atomic E-state index is 0.449. The van der Waals surface area contributed by atoms with E-state index in [0.29, 0.717) is 10.8 Å². The Hall–Kier alpha value is -0.120. The molecule has 0 N–H and O–H groups in total. The van der Waals surface area contributed by atoms with Crippen LogP contribution < -0.4 is 0 Å². The quantitative estimate of drug-likeness (QED) is 0.791. The molecule has 0 saturated carbocycles. The van der Waals surface area contributed by atoms with Gasteiger partial charge in [-0.05, 0) is 65.1 Å². The van der Waals surface area contributed by atoms with Gasteiger partial charge in [0.15, 0.2) is 0 Å². The number of hydrogen-bond acceptors (Lipinski definition) is 3. The fourth-order valence-corrected chi connectivity index (χ4v) is 5.03. The molecule has 0 unspecified atom stereocenters. The third kappa shape index (κ3) is 2.85. The molecular formula is C19H37N3. The fraction of sp³-hybridized carbons (Fsp3) is 1.00. The van der Waals surface area contributed by atoms with E-state index in [-0.39, 0.29) is 0 Å². The van der Waals surface area contributed by atoms with Crippen LogP contribution in [0.15, 0.2) is 0 Å². The van der Waals surface area contributed by atoms with Crippen molar-refractivity contribution in [3.05, 3.63) is 0 Å². The van der Waals surface area contributed by atoms with Gasteiger partial charge in [-0.3, -0.25) is 9.80 Å². The molecular weight excluding hydrogens is 270 g/mol. The van der Waals surface area contributed by atoms with E-state index in [9.17, 15) is 0 Å². The largest absolute Gasteiger partial charge is 0.306 e. The molecule has 22 heavy (non-hydrogen) atoms. The van der Waals surface area contributed by atoms with Crippen LogP contribution in [0.1, 0.15) is 47.5 Å². The molecule has 128 valence electrons. The number of piperidine rings is 1. The minimum Gasteiger partial charge on any atom is -0.306 e. The van der Waals surface area contributed by atoms with Crippen molar-refractivity contribution in [2.75, 3.05) is 46.3 Å². The van der Waals surface area contributed by atoms with E-state index in [1.807, 2.05) is 0 Å². The second-order valence-electron chi connectivity index (χ2n) is 9.48. The standard InChI is InChI=1S/C19H37N3/c1-15(2)21-11-19(12-21)13-22(14-19)16(3)18(4,5)17-7-9-20(6)10-8-17/h15-17H,7-14H2,1-6H3/t16-/m1/s1. The Balaban J connectivity index is 1.51. The molecule has 0 aromatic rings. The average molecular weight is 308 g/mol. The highest BCUT2D eigenvalue weighted by Gasteiger charge is 2.54. The summed E-state index contributed by atoms with van der Waals surface area (Å²) in [5.41, 5.74) is 1.10. The van der Waals surface area contributed by atoms with Gasteiger partial charge in [0.1, 0.15) is 0 Å². The van der Waals surface area contributed by atoms with Crippen molar-refractivity contribution in [3.63, 3.8) is 0 Å². The Morgan fingerprint density at radius 1 is 0.909 bits per heavy atom. The van der Waals surface area contributed by atoms with E-state index < -0.39 is 0 Å². The number of nitrogens with zero attached hydrogens (tertiary/aromatic N) is 3. The third-order valence-corrected chi connectivity index (χ3v) is 7.28. The number of hydrogen-bond donors (Lipinski definition) is 0. The molecule has 0 aliphatic carbocycles. The zero-order valence-corrected chi connectivity index (χ0v) is 15.7. The van der Waals surface area contributed by atoms with E-state index in [1.165, 1.54) is 52.1 Å². The molecule has 3 aliphatic heterocycles. The molecule has 0 radical (unpaired) electrons. The van der Waals surface area contributed by atoms with Crippen molar-refractivity contribution in [2.24, 2.45) is 16.7 Å². The minimum atomic E-state index is 0.449. The van der Waals surface area contributed by atoms with Crippen LogP contribution >= 0.6 is 0 Å². The van der Waals surface area contributed by atoms with Gasteiger partial charge in [-0.1, -0.05) is 13.8 Å². The van der Waals surface area contributed by atoms with Crippen LogP contribution in [0.25, 0.3) is 0 Å². The molecule has 3 nitrogen and oxygen atoms in total. The maximum absolute atomic E-state index is 2.77. The molecule has 0 bridgehead atoms. The first kappa shape index (κ1) is 16.7. The highest BCUT2D eigenvalue weighted by atomic mass is 15.3. The van der Waals surface area contributed by atoms with Crippen LogP contribution in [0, 0.1) is 16.7 Å². The highest BCUT2D eigenvalue weighted by molar-refractivity contribution is 5.09. The van der Waals surface area contributed by atoms with Crippen LogP contribution in [0.5, 0.6) is 0 Å². The van der Waals surface area contributed by atoms with Gasteiger partial charge in [-0.25, -0.2) is 0 Å². The zero-order valence-electron chi connectivity index (χ0n) is 15.7. The molecule has 1 spiro atoms. The molecule has 3 heterocycles. The predicted octanol–water partition coefficient (Wildman–Crippen LogP) is 2.77. The summed E-state index contributed by atoms with van der Waals surface area (Å²) in [6.45, 7) is 20.1. The van der Waals surface area contributed by atoms with Crippen LogP contribution in [-0.4, -0.2) is 73.1 Å². The summed E-state index contributed by atoms with van der Waals surface area (Å²) in [6.07, 6.45) is 2.77. The van der Waals surface area contributed by atoms with Crippen molar-refractivity contribution in [1.29, 1.82) is 0 Å². The summed E-state index contributed by atoms with van der Waals surface area (Å²) >= 11 is 0. The van der Waals surface area contributed by atoms with Gasteiger partial charge >= 0.3 is 0 Å². The molecule has 1 atom stereocenters. The predicted molar refractivity (Wildman–Crippen MR) is 94.2 cm³/mol. The summed E-state index contributed by atoms with van der Waals surface area (Å²) in [5.74, 6) is 0.892. The SMILES string of the molecule is CC(C)N1CC2(C1)CN([C@H](C)C(C)(C)C1CCN(C)CC1)C2. The van der Waals surface area contributed by atoms with Crippen LogP contribution in [-0.2, 0) is 0 Å². The lowest BCUT2D eigenvalue weighted by atomic mass is 9.65. The maximum Gasteiger partial charge on any atom is 0.0212 e. The molecule has 3 rings (SSSR count). The van der Waals surface area contributed by atoms with E-state index in [1.54, 1.807) is 0 Å². The second-order valence-corrected chi connectivity index (χ2v) is 9.48. The lowest BCUT2D eigenvalue weighted by molar-refractivity contribution is -0.156. The van der Waals surface area contributed by atoms with Gasteiger partial charge in [0.2, 0.25) is 0 Å². The smallest absolute Gasteiger partial charge is 0.0212 e. The van der Waals surface area contributed by atoms with Crippen molar-refractivity contribution in [1.82, 2.24) is 14.7 Å². The fourth-order valence-electron chi connectivity index (χ4n) is 5.03. The first-order valence-electron chi connectivity index (χ1n) is 9.40. The van der Waals surface area contributed by atoms with E-state index in [4.69, 9.17) is 0 Å². The lowest BCUT2D eigenvalue weighted by Crippen LogP contribution is -2.75. The topological polar surface area (TPSA) is 9.72 Å². The first-order valence-corrected chi connectivity index (χ1v) is 9.40. The maximum atomic E-state index is 2.77. The molecule has 0 aromatic heterocycles. The highest BCUT2D eigenvalue weighted by Crippen LogP contribution is 2.46. The average Bonchev–Trinajstić information content (AvgIpc) is 2.35. The summed E-state index contributed by atoms with van der Waals surface area (Å²) < 4.78 is 0. The van der Waals surface area contributed by atoms with E-state index >= 15 is 0 Å². The second kappa shape index (κ2) is 5.75. The summed E-state index contributed by atoms with van der Waals surface area (Å²) in [6, 6.07) is 1.45. The van der Waals surface area contributed by atoms with Crippen LogP contribution in [0.4, 0.5) is 0 Å². The molecule has 3 heteroatoms. The summed E-state index contributed by atoms with van der Waals surface area (Å²) in [7, 11) is 2.27. The Morgan fingerprint density at radius 2 is 1.41 bits per heavy atom. The van der Waals surface area contributed by atoms with Gasteiger partial charge in [0.05, 0.1) is 0 Å². The number of likely N-dealkylation sites (tertiary alicyclic amines) is 3. The van der Waals surface area contributed by atoms with Gasteiger partial charge in [-0.2, -0.15) is 0 Å². The molecule has 3 saturated heterocycles. The molecule has 3 fully saturated rings. The zero-order chi connectivity index (χ0) is 16.1. The van der Waals surface area contributed by atoms with Gasteiger partial charge in [0.25, 0.3) is 0 Å². The lowest BCUT2D eigenvalue weighted by Gasteiger charge is -2.64. The van der Waals surface area contributed by atoms with Crippen LogP contribution in [0.2, 0.25) is 0 Å². The van der Waals surface area contributed by atoms with Crippen LogP contribution in [0.3, 0.4) is 0 Å². The van der Waals surface area contributed by atoms with Gasteiger partial charge in [-0.15, -0.1) is 0 Å². The van der Waals surface area contributed by atoms with Crippen molar-refractivity contribution >= 4 is 0 Å². The Labute approximate surface area is 138 Å². The first-order chi connectivity index (χ1) is 10.2. The normalized spacial score (nSPS) is 29.6. The monoisotopic (exact) mass is 307 g/mol. The van der Waals surface area contributed by atoms with Crippen molar-refractivity contribution in [2.45, 2.75) is 59.5 Å². The van der Waals surface area contributed by atoms with E-state index in [0.717, 1.165) is 18.0 Å². The summed E-state index contributed by atoms with van der Waals surface area (Å²) in [5, 5.41) is 0. The summed E-state index contributed by atoms with van der Waals surface area (Å²) in [4.78, 5) is 7.89. The van der Waals surface area contributed by atoms with Crippen molar-refractivity contribution < 1.29 is 0 Å². The van der Waals surface area contributed by atoms with Gasteiger partial charge < -0.3 is 4.90 Å². The van der Waals surface area contributed by atoms with E-state index in [2.05, 4.69) is 56.4 Å². The Kier molecular flexibility index (Phi) is 4.37. The molecule has 0 aromatic carbocycles.